The molecule has 2 aromatic rings. The molecular weight excluding hydrogens is 370 g/mol. The molecule has 0 saturated heterocycles. The zero-order valence-corrected chi connectivity index (χ0v) is 16.4. The van der Waals surface area contributed by atoms with E-state index in [9.17, 15) is 18.4 Å². The molecule has 152 valence electrons. The number of benzene rings is 1. The van der Waals surface area contributed by atoms with Crippen molar-refractivity contribution in [2.24, 2.45) is 5.41 Å². The van der Waals surface area contributed by atoms with Crippen LogP contribution in [0.3, 0.4) is 0 Å². The van der Waals surface area contributed by atoms with E-state index in [0.29, 0.717) is 5.56 Å². The summed E-state index contributed by atoms with van der Waals surface area (Å²) in [6.45, 7) is 2.88. The molecule has 0 aliphatic carbocycles. The van der Waals surface area contributed by atoms with E-state index < -0.39 is 29.5 Å². The molecule has 9 heteroatoms. The number of amides is 1. The van der Waals surface area contributed by atoms with Gasteiger partial charge in [-0.25, -0.2) is 4.98 Å². The highest BCUT2D eigenvalue weighted by atomic mass is 19.3. The van der Waals surface area contributed by atoms with Gasteiger partial charge in [-0.1, -0.05) is 32.9 Å². The van der Waals surface area contributed by atoms with Gasteiger partial charge in [0, 0.05) is 20.2 Å². The quantitative estimate of drug-likeness (QED) is 0.787. The van der Waals surface area contributed by atoms with Crippen molar-refractivity contribution in [2.75, 3.05) is 19.0 Å². The van der Waals surface area contributed by atoms with Gasteiger partial charge in [0.05, 0.1) is 6.04 Å². The van der Waals surface area contributed by atoms with Gasteiger partial charge < -0.3 is 15.0 Å². The molecule has 0 aliphatic rings. The van der Waals surface area contributed by atoms with E-state index in [-0.39, 0.29) is 17.4 Å². The second-order valence-electron chi connectivity index (χ2n) is 7.57. The van der Waals surface area contributed by atoms with E-state index in [1.165, 1.54) is 12.1 Å². The zero-order valence-electron chi connectivity index (χ0n) is 16.4. The summed E-state index contributed by atoms with van der Waals surface area (Å²) in [5.74, 6) is -0.217. The number of hydrogen-bond acceptors (Lipinski definition) is 5. The average Bonchev–Trinajstić information content (AvgIpc) is 2.58. The maximum Gasteiger partial charge on any atom is 0.387 e. The topological polar surface area (TPSA) is 87.3 Å². The first-order chi connectivity index (χ1) is 13.0. The Morgan fingerprint density at radius 3 is 2.32 bits per heavy atom. The summed E-state index contributed by atoms with van der Waals surface area (Å²) in [7, 11) is 3.39. The standard InChI is InChI=1S/C19H24F2N4O3/c1-19(2,3)15(11-6-8-12(9-7-11)28-17(20)21)24-16(27)13-10-14(26)23-18(22-13)25(4)5/h6-10,15,17H,1-5H3,(H,24,27)(H,22,23,26)/t15-/m0/s1. The molecule has 0 bridgehead atoms. The van der Waals surface area contributed by atoms with E-state index in [1.807, 2.05) is 20.8 Å². The molecule has 1 atom stereocenters. The minimum absolute atomic E-state index is 0.0145. The van der Waals surface area contributed by atoms with Crippen LogP contribution in [-0.4, -0.2) is 36.6 Å². The van der Waals surface area contributed by atoms with Crippen molar-refractivity contribution in [3.05, 3.63) is 51.9 Å². The van der Waals surface area contributed by atoms with Gasteiger partial charge in [-0.3, -0.25) is 14.6 Å². The maximum absolute atomic E-state index is 12.7. The molecular formula is C19H24F2N4O3. The van der Waals surface area contributed by atoms with E-state index in [2.05, 4.69) is 20.0 Å². The lowest BCUT2D eigenvalue weighted by molar-refractivity contribution is -0.0498. The normalized spacial score (nSPS) is 12.6. The lowest BCUT2D eigenvalue weighted by Gasteiger charge is -2.32. The van der Waals surface area contributed by atoms with Gasteiger partial charge in [0.25, 0.3) is 11.5 Å². The van der Waals surface area contributed by atoms with Gasteiger partial charge in [-0.15, -0.1) is 0 Å². The van der Waals surface area contributed by atoms with Crippen molar-refractivity contribution < 1.29 is 18.3 Å². The summed E-state index contributed by atoms with van der Waals surface area (Å²) < 4.78 is 29.0. The fourth-order valence-corrected chi connectivity index (χ4v) is 2.62. The predicted octanol–water partition coefficient (Wildman–Crippen LogP) is 2.95. The second kappa shape index (κ2) is 8.37. The van der Waals surface area contributed by atoms with Crippen LogP contribution in [0.4, 0.5) is 14.7 Å². The largest absolute Gasteiger partial charge is 0.435 e. The first-order valence-corrected chi connectivity index (χ1v) is 8.61. The number of ether oxygens (including phenoxy) is 1. The molecule has 7 nitrogen and oxygen atoms in total. The van der Waals surface area contributed by atoms with Crippen LogP contribution < -0.4 is 20.5 Å². The monoisotopic (exact) mass is 394 g/mol. The third-order valence-corrected chi connectivity index (χ3v) is 3.97. The van der Waals surface area contributed by atoms with Crippen LogP contribution in [0.5, 0.6) is 5.75 Å². The lowest BCUT2D eigenvalue weighted by Crippen LogP contribution is -2.37. The lowest BCUT2D eigenvalue weighted by atomic mass is 9.82. The number of carbonyl (C=O) groups is 1. The second-order valence-corrected chi connectivity index (χ2v) is 7.57. The van der Waals surface area contributed by atoms with Gasteiger partial charge in [0.15, 0.2) is 0 Å². The van der Waals surface area contributed by atoms with Gasteiger partial charge in [0.1, 0.15) is 11.4 Å². The number of nitrogens with one attached hydrogen (secondary N) is 2. The molecule has 28 heavy (non-hydrogen) atoms. The minimum Gasteiger partial charge on any atom is -0.435 e. The van der Waals surface area contributed by atoms with Crippen molar-refractivity contribution in [3.63, 3.8) is 0 Å². The van der Waals surface area contributed by atoms with Crippen molar-refractivity contribution in [2.45, 2.75) is 33.4 Å². The van der Waals surface area contributed by atoms with Gasteiger partial charge >= 0.3 is 6.61 Å². The van der Waals surface area contributed by atoms with Crippen LogP contribution in [0.15, 0.2) is 35.1 Å². The van der Waals surface area contributed by atoms with Crippen molar-refractivity contribution in [1.82, 2.24) is 15.3 Å². The zero-order chi connectivity index (χ0) is 21.1. The summed E-state index contributed by atoms with van der Waals surface area (Å²) in [6.07, 6.45) is 0. The van der Waals surface area contributed by atoms with E-state index in [0.717, 1.165) is 6.07 Å². The Morgan fingerprint density at radius 1 is 1.21 bits per heavy atom. The Kier molecular flexibility index (Phi) is 6.37. The fourth-order valence-electron chi connectivity index (χ4n) is 2.62. The summed E-state index contributed by atoms with van der Waals surface area (Å²) in [5.41, 5.74) is -0.143. The Morgan fingerprint density at radius 2 is 1.82 bits per heavy atom. The van der Waals surface area contributed by atoms with Crippen LogP contribution in [0.25, 0.3) is 0 Å². The summed E-state index contributed by atoms with van der Waals surface area (Å²) in [5, 5.41) is 2.88. The number of nitrogens with zero attached hydrogens (tertiary/aromatic N) is 2. The molecule has 1 aromatic carbocycles. The predicted molar refractivity (Wildman–Crippen MR) is 102 cm³/mol. The molecule has 2 rings (SSSR count). The van der Waals surface area contributed by atoms with Crippen LogP contribution in [0.2, 0.25) is 0 Å². The molecule has 0 fully saturated rings. The third-order valence-electron chi connectivity index (χ3n) is 3.97. The smallest absolute Gasteiger partial charge is 0.387 e. The SMILES string of the molecule is CN(C)c1nc(C(=O)N[C@@H](c2ccc(OC(F)F)cc2)C(C)(C)C)cc(=O)[nH]1. The highest BCUT2D eigenvalue weighted by Crippen LogP contribution is 2.34. The number of anilines is 1. The Bertz CT molecular complexity index is 874. The molecule has 1 amide bonds. The first kappa shape index (κ1) is 21.3. The van der Waals surface area contributed by atoms with Crippen molar-refractivity contribution in [3.8, 4) is 5.75 Å². The molecule has 1 heterocycles. The molecule has 0 saturated carbocycles. The van der Waals surface area contributed by atoms with Crippen LogP contribution in [0.1, 0.15) is 42.9 Å². The number of carbonyl (C=O) groups excluding carboxylic acids is 1. The van der Waals surface area contributed by atoms with Gasteiger partial charge in [-0.05, 0) is 23.1 Å². The number of alkyl halides is 2. The van der Waals surface area contributed by atoms with E-state index >= 15 is 0 Å². The first-order valence-electron chi connectivity index (χ1n) is 8.61. The Balaban J connectivity index is 2.30. The fraction of sp³-hybridized carbons (Fsp3) is 0.421. The number of hydrogen-bond donors (Lipinski definition) is 2. The van der Waals surface area contributed by atoms with Crippen LogP contribution in [0, 0.1) is 5.41 Å². The maximum atomic E-state index is 12.7. The minimum atomic E-state index is -2.91. The number of aromatic amines is 1. The number of aromatic nitrogens is 2. The molecule has 0 spiro atoms. The molecule has 2 N–H and O–H groups in total. The van der Waals surface area contributed by atoms with Gasteiger partial charge in [-0.2, -0.15) is 8.78 Å². The number of rotatable bonds is 6. The highest BCUT2D eigenvalue weighted by molar-refractivity contribution is 5.92. The Labute approximate surface area is 161 Å². The molecule has 0 radical (unpaired) electrons. The molecule has 0 aliphatic heterocycles. The number of halogens is 2. The molecule has 1 aromatic heterocycles. The molecule has 0 unspecified atom stereocenters. The highest BCUT2D eigenvalue weighted by Gasteiger charge is 2.29. The third kappa shape index (κ3) is 5.51. The van der Waals surface area contributed by atoms with Crippen molar-refractivity contribution >= 4 is 11.9 Å². The number of H-pyrrole nitrogens is 1. The summed E-state index contributed by atoms with van der Waals surface area (Å²) in [4.78, 5) is 32.9. The van der Waals surface area contributed by atoms with E-state index in [1.54, 1.807) is 31.1 Å². The van der Waals surface area contributed by atoms with Crippen molar-refractivity contribution in [1.29, 1.82) is 0 Å². The summed E-state index contributed by atoms with van der Waals surface area (Å²) >= 11 is 0. The summed E-state index contributed by atoms with van der Waals surface area (Å²) in [6, 6.07) is 6.74. The average molecular weight is 394 g/mol. The Hall–Kier alpha value is -2.97. The van der Waals surface area contributed by atoms with E-state index in [4.69, 9.17) is 0 Å². The van der Waals surface area contributed by atoms with Gasteiger partial charge in [0.2, 0.25) is 5.95 Å². The van der Waals surface area contributed by atoms with Crippen LogP contribution in [-0.2, 0) is 0 Å². The van der Waals surface area contributed by atoms with Crippen LogP contribution >= 0.6 is 0 Å².